The minimum atomic E-state index is 0.560. The fourth-order valence-electron chi connectivity index (χ4n) is 3.39. The molecule has 0 saturated heterocycles. The third-order valence-electron chi connectivity index (χ3n) is 4.83. The van der Waals surface area contributed by atoms with Crippen molar-refractivity contribution in [3.8, 4) is 16.9 Å². The van der Waals surface area contributed by atoms with Crippen molar-refractivity contribution in [1.29, 1.82) is 0 Å². The zero-order valence-corrected chi connectivity index (χ0v) is 15.6. The van der Waals surface area contributed by atoms with Gasteiger partial charge < -0.3 is 9.30 Å². The second-order valence-electron chi connectivity index (χ2n) is 6.48. The van der Waals surface area contributed by atoms with Crippen LogP contribution in [-0.4, -0.2) is 4.57 Å². The van der Waals surface area contributed by atoms with E-state index in [1.807, 2.05) is 42.5 Å². The van der Waals surface area contributed by atoms with Gasteiger partial charge in [-0.3, -0.25) is 0 Å². The molecule has 0 aliphatic carbocycles. The van der Waals surface area contributed by atoms with Crippen molar-refractivity contribution in [2.75, 3.05) is 0 Å². The average Bonchev–Trinajstić information content (AvgIpc) is 2.91. The van der Waals surface area contributed by atoms with Crippen molar-refractivity contribution in [2.45, 2.75) is 13.5 Å². The lowest BCUT2D eigenvalue weighted by atomic mass is 10.0. The van der Waals surface area contributed by atoms with Crippen molar-refractivity contribution in [2.24, 2.45) is 7.05 Å². The molecule has 0 saturated carbocycles. The van der Waals surface area contributed by atoms with E-state index in [0.29, 0.717) is 6.61 Å². The molecule has 1 aromatic heterocycles. The van der Waals surface area contributed by atoms with Crippen molar-refractivity contribution in [3.63, 3.8) is 0 Å². The van der Waals surface area contributed by atoms with Gasteiger partial charge in [-0.25, -0.2) is 0 Å². The molecule has 26 heavy (non-hydrogen) atoms. The van der Waals surface area contributed by atoms with E-state index in [1.165, 1.54) is 22.2 Å². The van der Waals surface area contributed by atoms with Crippen LogP contribution in [0.25, 0.3) is 22.0 Å². The third-order valence-corrected chi connectivity index (χ3v) is 5.06. The Bertz CT molecular complexity index is 1070. The average molecular weight is 362 g/mol. The fourth-order valence-corrected chi connectivity index (χ4v) is 3.58. The highest BCUT2D eigenvalue weighted by Crippen LogP contribution is 2.36. The first-order valence-corrected chi connectivity index (χ1v) is 9.03. The zero-order chi connectivity index (χ0) is 18.1. The van der Waals surface area contributed by atoms with Crippen LogP contribution in [0.4, 0.5) is 0 Å². The summed E-state index contributed by atoms with van der Waals surface area (Å²) in [6.45, 7) is 2.70. The third kappa shape index (κ3) is 3.09. The number of aryl methyl sites for hydroxylation is 1. The van der Waals surface area contributed by atoms with E-state index in [1.54, 1.807) is 0 Å². The lowest BCUT2D eigenvalue weighted by Crippen LogP contribution is -1.95. The number of hydrogen-bond donors (Lipinski definition) is 0. The van der Waals surface area contributed by atoms with E-state index in [9.17, 15) is 0 Å². The van der Waals surface area contributed by atoms with Crippen LogP contribution in [0.5, 0.6) is 5.75 Å². The molecule has 0 N–H and O–H groups in total. The van der Waals surface area contributed by atoms with E-state index in [2.05, 4.69) is 48.9 Å². The van der Waals surface area contributed by atoms with Crippen molar-refractivity contribution >= 4 is 22.5 Å². The summed E-state index contributed by atoms with van der Waals surface area (Å²) in [5, 5.41) is 1.92. The standard InChI is InChI=1S/C23H20ClNO/c1-16-23(18-9-6-10-19(24)13-18)21-14-20(11-12-22(21)25(16)2)26-15-17-7-4-3-5-8-17/h3-14H,15H2,1-2H3. The van der Waals surface area contributed by atoms with Crippen LogP contribution in [0.15, 0.2) is 72.8 Å². The van der Waals surface area contributed by atoms with Crippen LogP contribution in [0.2, 0.25) is 5.02 Å². The highest BCUT2D eigenvalue weighted by atomic mass is 35.5. The maximum absolute atomic E-state index is 6.22. The number of aromatic nitrogens is 1. The number of hydrogen-bond acceptors (Lipinski definition) is 1. The molecule has 0 aliphatic heterocycles. The van der Waals surface area contributed by atoms with Crippen LogP contribution in [0.1, 0.15) is 11.3 Å². The lowest BCUT2D eigenvalue weighted by Gasteiger charge is -2.08. The molecule has 0 radical (unpaired) electrons. The van der Waals surface area contributed by atoms with Crippen LogP contribution in [0.3, 0.4) is 0 Å². The Hall–Kier alpha value is -2.71. The van der Waals surface area contributed by atoms with E-state index < -0.39 is 0 Å². The second-order valence-corrected chi connectivity index (χ2v) is 6.92. The predicted octanol–water partition coefficient (Wildman–Crippen LogP) is 6.39. The van der Waals surface area contributed by atoms with Crippen LogP contribution < -0.4 is 4.74 Å². The highest BCUT2D eigenvalue weighted by Gasteiger charge is 2.15. The first kappa shape index (κ1) is 16.7. The number of rotatable bonds is 4. The molecule has 4 aromatic rings. The largest absolute Gasteiger partial charge is 0.489 e. The molecular weight excluding hydrogens is 342 g/mol. The normalized spacial score (nSPS) is 11.0. The minimum absolute atomic E-state index is 0.560. The monoisotopic (exact) mass is 361 g/mol. The molecule has 0 fully saturated rings. The van der Waals surface area contributed by atoms with E-state index >= 15 is 0 Å². The zero-order valence-electron chi connectivity index (χ0n) is 14.9. The molecule has 4 rings (SSSR count). The molecule has 3 aromatic carbocycles. The fraction of sp³-hybridized carbons (Fsp3) is 0.130. The summed E-state index contributed by atoms with van der Waals surface area (Å²) in [6, 6.07) is 24.5. The Balaban J connectivity index is 1.76. The quantitative estimate of drug-likeness (QED) is 0.411. The van der Waals surface area contributed by atoms with Gasteiger partial charge >= 0.3 is 0 Å². The van der Waals surface area contributed by atoms with Crippen LogP contribution >= 0.6 is 11.6 Å². The van der Waals surface area contributed by atoms with Gasteiger partial charge in [0.15, 0.2) is 0 Å². The molecule has 0 amide bonds. The van der Waals surface area contributed by atoms with Gasteiger partial charge in [-0.05, 0) is 48.4 Å². The van der Waals surface area contributed by atoms with Gasteiger partial charge in [0.1, 0.15) is 12.4 Å². The lowest BCUT2D eigenvalue weighted by molar-refractivity contribution is 0.306. The minimum Gasteiger partial charge on any atom is -0.489 e. The van der Waals surface area contributed by atoms with Gasteiger partial charge in [-0.15, -0.1) is 0 Å². The van der Waals surface area contributed by atoms with E-state index in [4.69, 9.17) is 16.3 Å². The summed E-state index contributed by atoms with van der Waals surface area (Å²) in [6.07, 6.45) is 0. The molecule has 3 heteroatoms. The summed E-state index contributed by atoms with van der Waals surface area (Å²) < 4.78 is 8.24. The summed E-state index contributed by atoms with van der Waals surface area (Å²) >= 11 is 6.22. The van der Waals surface area contributed by atoms with Gasteiger partial charge in [0.25, 0.3) is 0 Å². The smallest absolute Gasteiger partial charge is 0.120 e. The molecule has 2 nitrogen and oxygen atoms in total. The Morgan fingerprint density at radius 1 is 0.923 bits per heavy atom. The number of nitrogens with zero attached hydrogens (tertiary/aromatic N) is 1. The molecule has 0 aliphatic rings. The summed E-state index contributed by atoms with van der Waals surface area (Å²) in [7, 11) is 2.09. The maximum atomic E-state index is 6.22. The second kappa shape index (κ2) is 6.89. The Morgan fingerprint density at radius 3 is 2.50 bits per heavy atom. The van der Waals surface area contributed by atoms with Gasteiger partial charge in [-0.2, -0.15) is 0 Å². The Morgan fingerprint density at radius 2 is 1.73 bits per heavy atom. The molecule has 0 unspecified atom stereocenters. The summed E-state index contributed by atoms with van der Waals surface area (Å²) in [5.41, 5.74) is 5.88. The van der Waals surface area contributed by atoms with Crippen molar-refractivity contribution < 1.29 is 4.74 Å². The molecule has 130 valence electrons. The van der Waals surface area contributed by atoms with Gasteiger partial charge in [-0.1, -0.05) is 54.1 Å². The van der Waals surface area contributed by atoms with Gasteiger partial charge in [0.2, 0.25) is 0 Å². The van der Waals surface area contributed by atoms with Gasteiger partial charge in [0.05, 0.1) is 0 Å². The predicted molar refractivity (Wildman–Crippen MR) is 109 cm³/mol. The van der Waals surface area contributed by atoms with E-state index in [0.717, 1.165) is 21.9 Å². The first-order valence-electron chi connectivity index (χ1n) is 8.65. The topological polar surface area (TPSA) is 14.2 Å². The number of fused-ring (bicyclic) bond motifs is 1. The van der Waals surface area contributed by atoms with Gasteiger partial charge in [0, 0.05) is 34.2 Å². The number of ether oxygens (including phenoxy) is 1. The van der Waals surface area contributed by atoms with Crippen LogP contribution in [-0.2, 0) is 13.7 Å². The number of halogens is 1. The van der Waals surface area contributed by atoms with E-state index in [-0.39, 0.29) is 0 Å². The summed E-state index contributed by atoms with van der Waals surface area (Å²) in [5.74, 6) is 0.871. The SMILES string of the molecule is Cc1c(-c2cccc(Cl)c2)c2cc(OCc3ccccc3)ccc2n1C. The molecule has 0 atom stereocenters. The van der Waals surface area contributed by atoms with Crippen LogP contribution in [0, 0.1) is 6.92 Å². The summed E-state index contributed by atoms with van der Waals surface area (Å²) in [4.78, 5) is 0. The Kier molecular flexibility index (Phi) is 4.44. The molecular formula is C23H20ClNO. The van der Waals surface area contributed by atoms with Crippen molar-refractivity contribution in [3.05, 3.63) is 89.1 Å². The molecule has 0 bridgehead atoms. The Labute approximate surface area is 158 Å². The maximum Gasteiger partial charge on any atom is 0.120 e. The molecule has 1 heterocycles. The number of benzene rings is 3. The highest BCUT2D eigenvalue weighted by molar-refractivity contribution is 6.31. The molecule has 0 spiro atoms. The first-order chi connectivity index (χ1) is 12.6. The van der Waals surface area contributed by atoms with Crippen molar-refractivity contribution in [1.82, 2.24) is 4.57 Å².